The molecule has 4 rings (SSSR count). The first kappa shape index (κ1) is 14.7. The largest absolute Gasteiger partial charge is 0.364 e. The van der Waals surface area contributed by atoms with Gasteiger partial charge < -0.3 is 10.2 Å². The second kappa shape index (κ2) is 5.95. The molecule has 3 aromatic heterocycles. The van der Waals surface area contributed by atoms with E-state index in [0.29, 0.717) is 13.0 Å². The van der Waals surface area contributed by atoms with Crippen LogP contribution in [0.5, 0.6) is 0 Å². The molecule has 1 amide bonds. The predicted octanol–water partition coefficient (Wildman–Crippen LogP) is 0.718. The maximum Gasteiger partial charge on any atom is 0.227 e. The molecule has 1 N–H and O–H groups in total. The summed E-state index contributed by atoms with van der Waals surface area (Å²) >= 11 is 0. The Morgan fingerprint density at radius 1 is 1.42 bits per heavy atom. The van der Waals surface area contributed by atoms with Gasteiger partial charge in [-0.1, -0.05) is 0 Å². The molecule has 0 aromatic carbocycles. The summed E-state index contributed by atoms with van der Waals surface area (Å²) in [5, 5.41) is 12.0. The van der Waals surface area contributed by atoms with Crippen molar-refractivity contribution in [1.82, 2.24) is 29.3 Å². The van der Waals surface area contributed by atoms with Crippen molar-refractivity contribution >= 4 is 17.4 Å². The molecule has 0 bridgehead atoms. The summed E-state index contributed by atoms with van der Waals surface area (Å²) in [5.74, 6) is 0.942. The number of likely N-dealkylation sites (tertiary alicyclic amines) is 1. The quantitative estimate of drug-likeness (QED) is 0.764. The number of carbonyl (C=O) groups is 1. The van der Waals surface area contributed by atoms with Crippen molar-refractivity contribution in [2.24, 2.45) is 7.05 Å². The first-order valence-electron chi connectivity index (χ1n) is 7.99. The zero-order valence-electron chi connectivity index (χ0n) is 13.5. The smallest absolute Gasteiger partial charge is 0.227 e. The molecule has 0 saturated carbocycles. The lowest BCUT2D eigenvalue weighted by molar-refractivity contribution is -0.129. The fraction of sp³-hybridized carbons (Fsp3) is 0.375. The van der Waals surface area contributed by atoms with E-state index in [9.17, 15) is 4.79 Å². The number of aryl methyl sites for hydroxylation is 1. The molecule has 3 aromatic rings. The highest BCUT2D eigenvalue weighted by molar-refractivity contribution is 5.79. The highest BCUT2D eigenvalue weighted by atomic mass is 16.2. The summed E-state index contributed by atoms with van der Waals surface area (Å²) in [6.07, 6.45) is 8.49. The molecule has 1 atom stereocenters. The van der Waals surface area contributed by atoms with E-state index in [0.717, 1.165) is 30.0 Å². The zero-order chi connectivity index (χ0) is 16.5. The third-order valence-corrected chi connectivity index (χ3v) is 4.26. The van der Waals surface area contributed by atoms with Crippen molar-refractivity contribution in [2.45, 2.75) is 18.9 Å². The lowest BCUT2D eigenvalue weighted by Crippen LogP contribution is -2.32. The molecule has 1 saturated heterocycles. The van der Waals surface area contributed by atoms with Crippen LogP contribution in [0.1, 0.15) is 12.0 Å². The van der Waals surface area contributed by atoms with E-state index in [-0.39, 0.29) is 11.9 Å². The van der Waals surface area contributed by atoms with Gasteiger partial charge in [-0.3, -0.25) is 9.48 Å². The first-order valence-corrected chi connectivity index (χ1v) is 7.99. The Balaban J connectivity index is 1.36. The SMILES string of the molecule is Cn1cc(CC(=O)N2CCC(Nc3ccc4nccn4n3)C2)cn1. The average molecular weight is 325 g/mol. The normalized spacial score (nSPS) is 17.5. The monoisotopic (exact) mass is 325 g/mol. The molecule has 0 spiro atoms. The highest BCUT2D eigenvalue weighted by Gasteiger charge is 2.26. The molecule has 8 nitrogen and oxygen atoms in total. The maximum atomic E-state index is 12.4. The Bertz CT molecular complexity index is 868. The van der Waals surface area contributed by atoms with Crippen LogP contribution in [0.25, 0.3) is 5.65 Å². The number of amides is 1. The van der Waals surface area contributed by atoms with Crippen LogP contribution >= 0.6 is 0 Å². The van der Waals surface area contributed by atoms with E-state index in [2.05, 4.69) is 20.5 Å². The van der Waals surface area contributed by atoms with E-state index in [4.69, 9.17) is 0 Å². The number of fused-ring (bicyclic) bond motifs is 1. The molecular formula is C16H19N7O. The van der Waals surface area contributed by atoms with Crippen molar-refractivity contribution in [3.05, 3.63) is 42.5 Å². The van der Waals surface area contributed by atoms with Crippen LogP contribution < -0.4 is 5.32 Å². The van der Waals surface area contributed by atoms with Crippen molar-refractivity contribution < 1.29 is 4.79 Å². The van der Waals surface area contributed by atoms with Gasteiger partial charge in [0.2, 0.25) is 5.91 Å². The third-order valence-electron chi connectivity index (χ3n) is 4.26. The number of nitrogens with one attached hydrogen (secondary N) is 1. The van der Waals surface area contributed by atoms with Crippen molar-refractivity contribution in [3.63, 3.8) is 0 Å². The number of hydrogen-bond donors (Lipinski definition) is 1. The van der Waals surface area contributed by atoms with Gasteiger partial charge in [-0.05, 0) is 24.1 Å². The number of nitrogens with zero attached hydrogens (tertiary/aromatic N) is 6. The minimum Gasteiger partial charge on any atom is -0.364 e. The topological polar surface area (TPSA) is 80.4 Å². The van der Waals surface area contributed by atoms with Gasteiger partial charge in [0.1, 0.15) is 5.82 Å². The summed E-state index contributed by atoms with van der Waals surface area (Å²) in [5.41, 5.74) is 1.77. The van der Waals surface area contributed by atoms with Gasteiger partial charge in [0, 0.05) is 44.8 Å². The minimum absolute atomic E-state index is 0.144. The van der Waals surface area contributed by atoms with Gasteiger partial charge in [-0.15, -0.1) is 5.10 Å². The number of carbonyl (C=O) groups excluding carboxylic acids is 1. The van der Waals surface area contributed by atoms with Crippen LogP contribution in [0.3, 0.4) is 0 Å². The van der Waals surface area contributed by atoms with E-state index in [1.807, 2.05) is 36.5 Å². The lowest BCUT2D eigenvalue weighted by atomic mass is 10.2. The molecule has 1 fully saturated rings. The summed E-state index contributed by atoms with van der Waals surface area (Å²) in [7, 11) is 1.86. The third kappa shape index (κ3) is 2.94. The number of imidazole rings is 1. The molecule has 1 aliphatic heterocycles. The molecule has 8 heteroatoms. The van der Waals surface area contributed by atoms with Crippen LogP contribution in [0, 0.1) is 0 Å². The predicted molar refractivity (Wildman–Crippen MR) is 88.5 cm³/mol. The zero-order valence-corrected chi connectivity index (χ0v) is 13.5. The number of aromatic nitrogens is 5. The standard InChI is InChI=1S/C16H19N7O/c1-21-10-12(9-18-21)8-16(24)22-6-4-13(11-22)19-14-2-3-15-17-5-7-23(15)20-14/h2-3,5,7,9-10,13H,4,6,8,11H2,1H3,(H,19,20). The highest BCUT2D eigenvalue weighted by Crippen LogP contribution is 2.16. The van der Waals surface area contributed by atoms with Gasteiger partial charge in [-0.2, -0.15) is 5.10 Å². The van der Waals surface area contributed by atoms with Crippen molar-refractivity contribution in [3.8, 4) is 0 Å². The number of rotatable bonds is 4. The molecule has 124 valence electrons. The minimum atomic E-state index is 0.144. The number of anilines is 1. The van der Waals surface area contributed by atoms with Crippen molar-refractivity contribution in [1.29, 1.82) is 0 Å². The molecule has 0 radical (unpaired) electrons. The Labute approximate surface area is 139 Å². The summed E-state index contributed by atoms with van der Waals surface area (Å²) in [4.78, 5) is 18.5. The Hall–Kier alpha value is -2.90. The average Bonchev–Trinajstić information content (AvgIpc) is 3.28. The fourth-order valence-electron chi connectivity index (χ4n) is 3.06. The lowest BCUT2D eigenvalue weighted by Gasteiger charge is -2.17. The van der Waals surface area contributed by atoms with Gasteiger partial charge >= 0.3 is 0 Å². The van der Waals surface area contributed by atoms with Gasteiger partial charge in [0.15, 0.2) is 5.65 Å². The molecule has 24 heavy (non-hydrogen) atoms. The van der Waals surface area contributed by atoms with Crippen molar-refractivity contribution in [2.75, 3.05) is 18.4 Å². The maximum absolute atomic E-state index is 12.4. The molecule has 4 heterocycles. The second-order valence-corrected chi connectivity index (χ2v) is 6.12. The van der Waals surface area contributed by atoms with E-state index in [1.165, 1.54) is 0 Å². The van der Waals surface area contributed by atoms with Gasteiger partial charge in [0.25, 0.3) is 0 Å². The Kier molecular flexibility index (Phi) is 3.64. The van der Waals surface area contributed by atoms with Crippen LogP contribution in [0.2, 0.25) is 0 Å². The summed E-state index contributed by atoms with van der Waals surface area (Å²) in [6, 6.07) is 4.06. The van der Waals surface area contributed by atoms with E-state index in [1.54, 1.807) is 21.6 Å². The van der Waals surface area contributed by atoms with Crippen LogP contribution in [-0.4, -0.2) is 54.3 Å². The van der Waals surface area contributed by atoms with Gasteiger partial charge in [-0.25, -0.2) is 9.50 Å². The van der Waals surface area contributed by atoms with Crippen LogP contribution in [-0.2, 0) is 18.3 Å². The summed E-state index contributed by atoms with van der Waals surface area (Å²) in [6.45, 7) is 1.47. The molecule has 1 unspecified atom stereocenters. The molecule has 0 aliphatic carbocycles. The fourth-order valence-corrected chi connectivity index (χ4v) is 3.06. The summed E-state index contributed by atoms with van der Waals surface area (Å²) < 4.78 is 3.46. The molecular weight excluding hydrogens is 306 g/mol. The Morgan fingerprint density at radius 3 is 3.17 bits per heavy atom. The van der Waals surface area contributed by atoms with E-state index >= 15 is 0 Å². The number of hydrogen-bond acceptors (Lipinski definition) is 5. The first-order chi connectivity index (χ1) is 11.7. The van der Waals surface area contributed by atoms with E-state index < -0.39 is 0 Å². The van der Waals surface area contributed by atoms with Crippen LogP contribution in [0.15, 0.2) is 36.9 Å². The Morgan fingerprint density at radius 2 is 2.33 bits per heavy atom. The van der Waals surface area contributed by atoms with Gasteiger partial charge in [0.05, 0.1) is 12.6 Å². The van der Waals surface area contributed by atoms with Crippen LogP contribution in [0.4, 0.5) is 5.82 Å². The molecule has 1 aliphatic rings. The second-order valence-electron chi connectivity index (χ2n) is 6.12.